The molecule has 1 fully saturated rings. The number of nitrogens with zero attached hydrogens (tertiary/aromatic N) is 1. The lowest BCUT2D eigenvalue weighted by atomic mass is 9.88. The monoisotopic (exact) mass is 329 g/mol. The van der Waals surface area contributed by atoms with Crippen LogP contribution in [0.15, 0.2) is 30.8 Å². The van der Waals surface area contributed by atoms with Crippen LogP contribution in [0.2, 0.25) is 0 Å². The van der Waals surface area contributed by atoms with Gasteiger partial charge in [-0.15, -0.1) is 0 Å². The Hall–Kier alpha value is -2.07. The highest BCUT2D eigenvalue weighted by Gasteiger charge is 2.33. The van der Waals surface area contributed by atoms with Gasteiger partial charge in [-0.1, -0.05) is 6.58 Å². The lowest BCUT2D eigenvalue weighted by Gasteiger charge is -2.25. The maximum atomic E-state index is 15.1. The maximum absolute atomic E-state index is 15.1. The van der Waals surface area contributed by atoms with E-state index >= 15 is 4.39 Å². The zero-order valence-electron chi connectivity index (χ0n) is 14.2. The van der Waals surface area contributed by atoms with E-state index < -0.39 is 17.2 Å². The van der Waals surface area contributed by atoms with Crippen LogP contribution in [0.1, 0.15) is 43.5 Å². The molecule has 1 aliphatic rings. The van der Waals surface area contributed by atoms with E-state index in [1.165, 1.54) is 24.3 Å². The molecule has 0 atom stereocenters. The minimum atomic E-state index is -1.36. The Balaban J connectivity index is 2.26. The molecule has 0 spiro atoms. The average molecular weight is 329 g/mol. The van der Waals surface area contributed by atoms with Crippen molar-refractivity contribution in [3.05, 3.63) is 59.3 Å². The molecule has 0 radical (unpaired) electrons. The number of aliphatic hydroxyl groups is 1. The first-order chi connectivity index (χ1) is 11.2. The van der Waals surface area contributed by atoms with Crippen molar-refractivity contribution >= 4 is 5.57 Å². The molecule has 2 nitrogen and oxygen atoms in total. The summed E-state index contributed by atoms with van der Waals surface area (Å²) in [4.78, 5) is 4.50. The molecule has 126 valence electrons. The van der Waals surface area contributed by atoms with E-state index in [4.69, 9.17) is 0 Å². The fourth-order valence-corrected chi connectivity index (χ4v) is 3.11. The fourth-order valence-electron chi connectivity index (χ4n) is 3.11. The van der Waals surface area contributed by atoms with E-state index in [-0.39, 0.29) is 11.3 Å². The van der Waals surface area contributed by atoms with E-state index in [1.54, 1.807) is 20.8 Å². The topological polar surface area (TPSA) is 33.1 Å². The summed E-state index contributed by atoms with van der Waals surface area (Å²) in [5.41, 5.74) is 1.58. The summed E-state index contributed by atoms with van der Waals surface area (Å²) in [6, 6.07) is 5.53. The fraction of sp³-hybridized carbons (Fsp3) is 0.350. The number of pyridine rings is 1. The Bertz CT molecular complexity index is 800. The second kappa shape index (κ2) is 5.78. The minimum absolute atomic E-state index is 0.120. The molecule has 1 saturated carbocycles. The van der Waals surface area contributed by atoms with Crippen LogP contribution in [-0.4, -0.2) is 10.1 Å². The molecule has 1 aromatic carbocycles. The van der Waals surface area contributed by atoms with Crippen LogP contribution in [0.4, 0.5) is 8.78 Å². The van der Waals surface area contributed by atoms with E-state index in [9.17, 15) is 9.50 Å². The summed E-state index contributed by atoms with van der Waals surface area (Å²) >= 11 is 0. The van der Waals surface area contributed by atoms with Crippen molar-refractivity contribution in [3.63, 3.8) is 0 Å². The third-order valence-corrected chi connectivity index (χ3v) is 4.48. The van der Waals surface area contributed by atoms with Gasteiger partial charge >= 0.3 is 0 Å². The van der Waals surface area contributed by atoms with Crippen molar-refractivity contribution in [1.82, 2.24) is 4.98 Å². The van der Waals surface area contributed by atoms with Crippen LogP contribution in [0, 0.1) is 24.5 Å². The van der Waals surface area contributed by atoms with E-state index in [1.807, 2.05) is 0 Å². The van der Waals surface area contributed by atoms with Crippen LogP contribution in [0.3, 0.4) is 0 Å². The number of hydrogen-bond donors (Lipinski definition) is 1. The van der Waals surface area contributed by atoms with Gasteiger partial charge in [0.25, 0.3) is 0 Å². The molecule has 0 saturated heterocycles. The third kappa shape index (κ3) is 2.98. The SMILES string of the molecule is C=C(c1nc(-c2ccc(F)cc2)c(F)c(C(C)(C)O)c1C)C1CC1. The number of hydrogen-bond acceptors (Lipinski definition) is 2. The van der Waals surface area contributed by atoms with Gasteiger partial charge in [0, 0.05) is 11.1 Å². The highest BCUT2D eigenvalue weighted by molar-refractivity contribution is 5.72. The van der Waals surface area contributed by atoms with Gasteiger partial charge in [-0.2, -0.15) is 0 Å². The summed E-state index contributed by atoms with van der Waals surface area (Å²) < 4.78 is 28.3. The molecule has 1 heterocycles. The standard InChI is InChI=1S/C20H21F2NO/c1-11(13-5-6-13)18-12(2)16(20(3,4)24)17(22)19(23-18)14-7-9-15(21)10-8-14/h7-10,13,24H,1,5-6H2,2-4H3. The van der Waals surface area contributed by atoms with Crippen molar-refractivity contribution in [2.45, 2.75) is 39.2 Å². The van der Waals surface area contributed by atoms with Gasteiger partial charge in [-0.05, 0) is 74.9 Å². The van der Waals surface area contributed by atoms with Crippen LogP contribution < -0.4 is 0 Å². The number of aromatic nitrogens is 1. The Morgan fingerprint density at radius 1 is 1.21 bits per heavy atom. The van der Waals surface area contributed by atoms with Crippen molar-refractivity contribution in [1.29, 1.82) is 0 Å². The minimum Gasteiger partial charge on any atom is -0.386 e. The molecule has 0 bridgehead atoms. The molecule has 1 aromatic heterocycles. The second-order valence-corrected chi connectivity index (χ2v) is 6.99. The van der Waals surface area contributed by atoms with Gasteiger partial charge in [-0.3, -0.25) is 0 Å². The van der Waals surface area contributed by atoms with E-state index in [2.05, 4.69) is 11.6 Å². The highest BCUT2D eigenvalue weighted by atomic mass is 19.1. The van der Waals surface area contributed by atoms with Gasteiger partial charge in [0.05, 0.1) is 11.3 Å². The molecule has 0 aliphatic heterocycles. The van der Waals surface area contributed by atoms with Crippen LogP contribution in [0.5, 0.6) is 0 Å². The van der Waals surface area contributed by atoms with Crippen LogP contribution in [0.25, 0.3) is 16.8 Å². The van der Waals surface area contributed by atoms with Crippen LogP contribution >= 0.6 is 0 Å². The Morgan fingerprint density at radius 2 is 1.79 bits per heavy atom. The summed E-state index contributed by atoms with van der Waals surface area (Å²) in [7, 11) is 0. The lowest BCUT2D eigenvalue weighted by molar-refractivity contribution is 0.0737. The molecular formula is C20H21F2NO. The molecule has 24 heavy (non-hydrogen) atoms. The first-order valence-corrected chi connectivity index (χ1v) is 8.08. The number of halogens is 2. The average Bonchev–Trinajstić information content (AvgIpc) is 3.31. The summed E-state index contributed by atoms with van der Waals surface area (Å²) in [5.74, 6) is -0.590. The summed E-state index contributed by atoms with van der Waals surface area (Å²) in [5, 5.41) is 10.5. The van der Waals surface area contributed by atoms with Crippen molar-refractivity contribution < 1.29 is 13.9 Å². The van der Waals surface area contributed by atoms with Crippen molar-refractivity contribution in [3.8, 4) is 11.3 Å². The molecule has 1 N–H and O–H groups in total. The predicted molar refractivity (Wildman–Crippen MR) is 91.3 cm³/mol. The molecule has 3 rings (SSSR count). The van der Waals surface area contributed by atoms with Crippen molar-refractivity contribution in [2.75, 3.05) is 0 Å². The van der Waals surface area contributed by atoms with Gasteiger partial charge in [0.15, 0.2) is 5.82 Å². The predicted octanol–water partition coefficient (Wildman–Crippen LogP) is 4.99. The van der Waals surface area contributed by atoms with Crippen LogP contribution in [-0.2, 0) is 5.60 Å². The smallest absolute Gasteiger partial charge is 0.155 e. The molecule has 4 heteroatoms. The summed E-state index contributed by atoms with van der Waals surface area (Å²) in [6.07, 6.45) is 2.11. The Kier molecular flexibility index (Phi) is 4.04. The Labute approximate surface area is 140 Å². The zero-order valence-corrected chi connectivity index (χ0v) is 14.2. The summed E-state index contributed by atoms with van der Waals surface area (Å²) in [6.45, 7) is 8.99. The quantitative estimate of drug-likeness (QED) is 0.857. The highest BCUT2D eigenvalue weighted by Crippen LogP contribution is 2.43. The third-order valence-electron chi connectivity index (χ3n) is 4.48. The van der Waals surface area contributed by atoms with Crippen molar-refractivity contribution in [2.24, 2.45) is 5.92 Å². The number of benzene rings is 1. The van der Waals surface area contributed by atoms with Gasteiger partial charge in [0.2, 0.25) is 0 Å². The first kappa shape index (κ1) is 16.8. The van der Waals surface area contributed by atoms with Gasteiger partial charge < -0.3 is 5.11 Å². The normalized spacial score (nSPS) is 14.8. The molecule has 0 amide bonds. The zero-order chi connectivity index (χ0) is 17.6. The first-order valence-electron chi connectivity index (χ1n) is 8.08. The Morgan fingerprint density at radius 3 is 2.29 bits per heavy atom. The second-order valence-electron chi connectivity index (χ2n) is 6.99. The van der Waals surface area contributed by atoms with Gasteiger partial charge in [-0.25, -0.2) is 13.8 Å². The molecule has 2 aromatic rings. The maximum Gasteiger partial charge on any atom is 0.155 e. The molecule has 0 unspecified atom stereocenters. The largest absolute Gasteiger partial charge is 0.386 e. The molecule has 1 aliphatic carbocycles. The number of rotatable bonds is 4. The van der Waals surface area contributed by atoms with Gasteiger partial charge in [0.1, 0.15) is 11.5 Å². The lowest BCUT2D eigenvalue weighted by Crippen LogP contribution is -2.22. The van der Waals surface area contributed by atoms with E-state index in [0.717, 1.165) is 18.4 Å². The van der Waals surface area contributed by atoms with E-state index in [0.29, 0.717) is 22.7 Å². The molecular weight excluding hydrogens is 308 g/mol. The number of allylic oxidation sites excluding steroid dienone is 1.